The van der Waals surface area contributed by atoms with Crippen LogP contribution in [0.25, 0.3) is 0 Å². The third-order valence-electron chi connectivity index (χ3n) is 0.326. The first-order valence-corrected chi connectivity index (χ1v) is 1.96. The predicted molar refractivity (Wildman–Crippen MR) is 23.5 cm³/mol. The van der Waals surface area contributed by atoms with E-state index in [1.54, 1.807) is 0 Å². The minimum atomic E-state index is -1.25. The summed E-state index contributed by atoms with van der Waals surface area (Å²) in [6.45, 7) is 1.05. The summed E-state index contributed by atoms with van der Waals surface area (Å²) in [7, 11) is 0. The smallest absolute Gasteiger partial charge is 0.248 e. The molecular weight excluding hydrogens is 126 g/mol. The SMILES string of the molecule is CC(=O)OOC(=O)C#N. The zero-order chi connectivity index (χ0) is 7.28. The maximum Gasteiger partial charge on any atom is 0.455 e. The molecule has 9 heavy (non-hydrogen) atoms. The number of carbonyl (C=O) groups excluding carboxylic acids is 2. The third-order valence-corrected chi connectivity index (χ3v) is 0.326. The average molecular weight is 129 g/mol. The van der Waals surface area contributed by atoms with Gasteiger partial charge in [0.05, 0.1) is 0 Å². The molecule has 0 spiro atoms. The van der Waals surface area contributed by atoms with Gasteiger partial charge in [-0.2, -0.15) is 5.26 Å². The Morgan fingerprint density at radius 2 is 2.00 bits per heavy atom. The van der Waals surface area contributed by atoms with E-state index in [-0.39, 0.29) is 0 Å². The third kappa shape index (κ3) is 4.28. The van der Waals surface area contributed by atoms with Crippen LogP contribution in [0.4, 0.5) is 0 Å². The number of carbonyl (C=O) groups is 2. The van der Waals surface area contributed by atoms with Gasteiger partial charge in [-0.3, -0.25) is 0 Å². The molecule has 0 radical (unpaired) electrons. The van der Waals surface area contributed by atoms with Gasteiger partial charge in [-0.05, 0) is 0 Å². The van der Waals surface area contributed by atoms with Crippen LogP contribution >= 0.6 is 0 Å². The molecule has 0 aromatic heterocycles. The van der Waals surface area contributed by atoms with E-state index in [9.17, 15) is 9.59 Å². The Balaban J connectivity index is 3.43. The average Bonchev–Trinajstić information content (AvgIpc) is 1.83. The van der Waals surface area contributed by atoms with Crippen LogP contribution in [0.5, 0.6) is 0 Å². The molecule has 0 atom stereocenters. The van der Waals surface area contributed by atoms with Crippen molar-refractivity contribution in [3.63, 3.8) is 0 Å². The van der Waals surface area contributed by atoms with Crippen molar-refractivity contribution in [1.82, 2.24) is 0 Å². The second-order valence-corrected chi connectivity index (χ2v) is 1.06. The number of nitriles is 1. The highest BCUT2D eigenvalue weighted by molar-refractivity contribution is 5.85. The molecule has 0 saturated heterocycles. The summed E-state index contributed by atoms with van der Waals surface area (Å²) in [5.41, 5.74) is 0. The van der Waals surface area contributed by atoms with Gasteiger partial charge in [0.1, 0.15) is 0 Å². The summed E-state index contributed by atoms with van der Waals surface area (Å²) in [5, 5.41) is 7.73. The molecule has 0 amide bonds. The molecule has 0 aliphatic rings. The lowest BCUT2D eigenvalue weighted by atomic mass is 10.8. The number of nitrogens with zero attached hydrogens (tertiary/aromatic N) is 1. The van der Waals surface area contributed by atoms with Gasteiger partial charge >= 0.3 is 11.9 Å². The van der Waals surface area contributed by atoms with Gasteiger partial charge in [0.15, 0.2) is 6.07 Å². The molecule has 0 aromatic rings. The maximum absolute atomic E-state index is 9.86. The molecule has 0 heterocycles. The largest absolute Gasteiger partial charge is 0.455 e. The van der Waals surface area contributed by atoms with Gasteiger partial charge in [-0.25, -0.2) is 19.4 Å². The first-order valence-electron chi connectivity index (χ1n) is 1.96. The van der Waals surface area contributed by atoms with Crippen molar-refractivity contribution < 1.29 is 19.4 Å². The van der Waals surface area contributed by atoms with E-state index >= 15 is 0 Å². The van der Waals surface area contributed by atoms with Crippen LogP contribution < -0.4 is 0 Å². The standard InChI is InChI=1S/C4H3NO4/c1-3(6)8-9-4(7)2-5/h1H3. The fourth-order valence-corrected chi connectivity index (χ4v) is 0.115. The lowest BCUT2D eigenvalue weighted by Crippen LogP contribution is -2.05. The van der Waals surface area contributed by atoms with Crippen molar-refractivity contribution in [3.05, 3.63) is 0 Å². The van der Waals surface area contributed by atoms with Crippen LogP contribution in [0.2, 0.25) is 0 Å². The number of hydrogen-bond donors (Lipinski definition) is 0. The maximum atomic E-state index is 9.86. The first kappa shape index (κ1) is 7.43. The molecule has 0 aromatic carbocycles. The summed E-state index contributed by atoms with van der Waals surface area (Å²) < 4.78 is 0. The highest BCUT2D eigenvalue weighted by Gasteiger charge is 2.01. The van der Waals surface area contributed by atoms with Gasteiger partial charge < -0.3 is 0 Å². The van der Waals surface area contributed by atoms with Gasteiger partial charge in [-0.15, -0.1) is 0 Å². The molecule has 5 nitrogen and oxygen atoms in total. The van der Waals surface area contributed by atoms with Crippen LogP contribution in [-0.4, -0.2) is 11.9 Å². The van der Waals surface area contributed by atoms with Crippen molar-refractivity contribution in [2.45, 2.75) is 6.92 Å². The Kier molecular flexibility index (Phi) is 2.84. The molecule has 48 valence electrons. The van der Waals surface area contributed by atoms with Gasteiger partial charge in [-0.1, -0.05) is 0 Å². The number of hydrogen-bond acceptors (Lipinski definition) is 5. The van der Waals surface area contributed by atoms with Gasteiger partial charge in [0, 0.05) is 6.92 Å². The molecule has 5 heteroatoms. The van der Waals surface area contributed by atoms with E-state index in [4.69, 9.17) is 5.26 Å². The molecule has 0 aliphatic heterocycles. The Hall–Kier alpha value is -1.57. The minimum Gasteiger partial charge on any atom is -0.248 e. The molecule has 0 fully saturated rings. The second-order valence-electron chi connectivity index (χ2n) is 1.06. The van der Waals surface area contributed by atoms with Crippen molar-refractivity contribution in [2.24, 2.45) is 0 Å². The van der Waals surface area contributed by atoms with E-state index in [0.717, 1.165) is 13.0 Å². The Morgan fingerprint density at radius 3 is 2.33 bits per heavy atom. The molecule has 0 saturated carbocycles. The van der Waals surface area contributed by atoms with Crippen LogP contribution in [0, 0.1) is 11.3 Å². The number of rotatable bonds is 0. The van der Waals surface area contributed by atoms with Gasteiger partial charge in [0.2, 0.25) is 0 Å². The molecule has 0 unspecified atom stereocenters. The lowest BCUT2D eigenvalue weighted by Gasteiger charge is -1.91. The highest BCUT2D eigenvalue weighted by Crippen LogP contribution is 1.78. The summed E-state index contributed by atoms with van der Waals surface area (Å²) >= 11 is 0. The van der Waals surface area contributed by atoms with Gasteiger partial charge in [0.25, 0.3) is 0 Å². The summed E-state index contributed by atoms with van der Waals surface area (Å²) in [5.74, 6) is -2.02. The predicted octanol–water partition coefficient (Wildman–Crippen LogP) is -0.469. The van der Waals surface area contributed by atoms with E-state index in [0.29, 0.717) is 0 Å². The Morgan fingerprint density at radius 1 is 1.44 bits per heavy atom. The second kappa shape index (κ2) is 3.43. The highest BCUT2D eigenvalue weighted by atomic mass is 17.2. The Bertz CT molecular complexity index is 168. The van der Waals surface area contributed by atoms with Crippen LogP contribution in [-0.2, 0) is 19.4 Å². The first-order chi connectivity index (χ1) is 4.16. The fourth-order valence-electron chi connectivity index (χ4n) is 0.115. The topological polar surface area (TPSA) is 76.4 Å². The van der Waals surface area contributed by atoms with Crippen LogP contribution in [0.15, 0.2) is 0 Å². The quantitative estimate of drug-likeness (QED) is 0.251. The van der Waals surface area contributed by atoms with Crippen LogP contribution in [0.1, 0.15) is 6.92 Å². The molecular formula is C4H3NO4. The zero-order valence-electron chi connectivity index (χ0n) is 4.58. The van der Waals surface area contributed by atoms with E-state index in [2.05, 4.69) is 9.78 Å². The van der Waals surface area contributed by atoms with Crippen LogP contribution in [0.3, 0.4) is 0 Å². The zero-order valence-corrected chi connectivity index (χ0v) is 4.58. The molecule has 0 rings (SSSR count). The van der Waals surface area contributed by atoms with Crippen molar-refractivity contribution >= 4 is 11.9 Å². The van der Waals surface area contributed by atoms with Crippen molar-refractivity contribution in [1.29, 1.82) is 5.26 Å². The monoisotopic (exact) mass is 129 g/mol. The fraction of sp³-hybridized carbons (Fsp3) is 0.250. The molecule has 0 bridgehead atoms. The normalized spacial score (nSPS) is 7.11. The van der Waals surface area contributed by atoms with E-state index < -0.39 is 11.9 Å². The molecule has 0 N–H and O–H groups in total. The molecule has 0 aliphatic carbocycles. The Labute approximate surface area is 50.7 Å². The lowest BCUT2D eigenvalue weighted by molar-refractivity contribution is -0.252. The van der Waals surface area contributed by atoms with E-state index in [1.807, 2.05) is 0 Å². The summed E-state index contributed by atoms with van der Waals surface area (Å²) in [6, 6.07) is 1.08. The minimum absolute atomic E-state index is 0.779. The summed E-state index contributed by atoms with van der Waals surface area (Å²) in [4.78, 5) is 27.0. The van der Waals surface area contributed by atoms with Crippen molar-refractivity contribution in [2.75, 3.05) is 0 Å². The van der Waals surface area contributed by atoms with E-state index in [1.165, 1.54) is 0 Å². The summed E-state index contributed by atoms with van der Waals surface area (Å²) in [6.07, 6.45) is 0. The van der Waals surface area contributed by atoms with Crippen molar-refractivity contribution in [3.8, 4) is 6.07 Å².